The molecule has 0 aromatic heterocycles. The number of urea groups is 1. The normalized spacial score (nSPS) is 21.2. The molecule has 4 aliphatic heterocycles. The van der Waals surface area contributed by atoms with Gasteiger partial charge in [-0.3, -0.25) is 9.69 Å². The molecule has 1 unspecified atom stereocenters. The molecule has 1 atom stereocenters. The Kier molecular flexibility index (Phi) is 10.9. The lowest BCUT2D eigenvalue weighted by molar-refractivity contribution is -0.143. The number of nitrogens with zero attached hydrogens (tertiary/aromatic N) is 5. The van der Waals surface area contributed by atoms with Gasteiger partial charge >= 0.3 is 18.3 Å². The first-order valence-corrected chi connectivity index (χ1v) is 17.5. The number of piperidine rings is 2. The summed E-state index contributed by atoms with van der Waals surface area (Å²) in [6.45, 7) is 5.50. The molecule has 266 valence electrons. The zero-order valence-electron chi connectivity index (χ0n) is 27.8. The van der Waals surface area contributed by atoms with Crippen molar-refractivity contribution in [3.8, 4) is 0 Å². The first-order chi connectivity index (χ1) is 23.5. The maximum absolute atomic E-state index is 13.9. The smallest absolute Gasteiger partial charge is 0.417 e. The molecule has 4 aliphatic rings. The van der Waals surface area contributed by atoms with Crippen molar-refractivity contribution in [1.82, 2.24) is 24.5 Å². The van der Waals surface area contributed by atoms with E-state index < -0.39 is 34.9 Å². The Morgan fingerprint density at radius 2 is 1.57 bits per heavy atom. The number of halogens is 4. The standard InChI is InChI=1S/C35H44ClF3N6O4/c1-41-13-9-26(10-14-41)42-18-20-43(21-19-42)32(46)31(23-24-6-7-29(36)28(22-24)35(37,38)39)49-34(48)44-15-11-27(12-16-44)45-17-8-25-4-2-3-5-30(25)40-33(45)47/h2-7,22,26-27,31H,8-21,23H2,1H3,(H,40,47). The molecule has 14 heteroatoms. The van der Waals surface area contributed by atoms with E-state index in [0.717, 1.165) is 49.3 Å². The van der Waals surface area contributed by atoms with Crippen molar-refractivity contribution in [2.24, 2.45) is 0 Å². The van der Waals surface area contributed by atoms with E-state index in [1.54, 1.807) is 4.90 Å². The molecule has 49 heavy (non-hydrogen) atoms. The highest BCUT2D eigenvalue weighted by Gasteiger charge is 2.38. The number of benzene rings is 2. The second-order valence-electron chi connectivity index (χ2n) is 13.5. The zero-order chi connectivity index (χ0) is 34.7. The summed E-state index contributed by atoms with van der Waals surface area (Å²) < 4.78 is 46.9. The molecule has 0 spiro atoms. The van der Waals surface area contributed by atoms with Crippen LogP contribution in [0.3, 0.4) is 0 Å². The second kappa shape index (κ2) is 15.1. The number of anilines is 1. The Balaban J connectivity index is 1.10. The Bertz CT molecular complexity index is 1500. The number of hydrogen-bond acceptors (Lipinski definition) is 6. The number of alkyl halides is 3. The van der Waals surface area contributed by atoms with Crippen molar-refractivity contribution in [2.45, 2.75) is 62.9 Å². The molecule has 0 bridgehead atoms. The molecule has 1 N–H and O–H groups in total. The lowest BCUT2D eigenvalue weighted by atomic mass is 10.0. The van der Waals surface area contributed by atoms with E-state index in [9.17, 15) is 27.6 Å². The fourth-order valence-electron chi connectivity index (χ4n) is 7.48. The van der Waals surface area contributed by atoms with Crippen molar-refractivity contribution in [3.63, 3.8) is 0 Å². The van der Waals surface area contributed by atoms with Crippen molar-refractivity contribution in [3.05, 3.63) is 64.2 Å². The number of nitrogens with one attached hydrogen (secondary N) is 1. The Morgan fingerprint density at radius 1 is 0.898 bits per heavy atom. The van der Waals surface area contributed by atoms with Crippen LogP contribution in [0, 0.1) is 0 Å². The molecule has 2 aromatic rings. The van der Waals surface area contributed by atoms with Crippen LogP contribution in [0.15, 0.2) is 42.5 Å². The summed E-state index contributed by atoms with van der Waals surface area (Å²) in [5.41, 5.74) is 1.07. The highest BCUT2D eigenvalue weighted by atomic mass is 35.5. The van der Waals surface area contributed by atoms with Crippen LogP contribution in [0.1, 0.15) is 42.4 Å². The number of para-hydroxylation sites is 1. The summed E-state index contributed by atoms with van der Waals surface area (Å²) in [7, 11) is 2.11. The van der Waals surface area contributed by atoms with Gasteiger partial charge in [-0.2, -0.15) is 13.2 Å². The van der Waals surface area contributed by atoms with Gasteiger partial charge in [-0.1, -0.05) is 35.9 Å². The highest BCUT2D eigenvalue weighted by Crippen LogP contribution is 2.35. The lowest BCUT2D eigenvalue weighted by Crippen LogP contribution is -2.56. The van der Waals surface area contributed by atoms with Crippen molar-refractivity contribution >= 4 is 35.3 Å². The van der Waals surface area contributed by atoms with Crippen LogP contribution >= 0.6 is 11.6 Å². The van der Waals surface area contributed by atoms with Crippen LogP contribution in [-0.4, -0.2) is 127 Å². The third-order valence-corrected chi connectivity index (χ3v) is 10.7. The SMILES string of the molecule is CN1CCC(N2CCN(C(=O)C(Cc3ccc(Cl)c(C(F)(F)F)c3)OC(=O)N3CCC(N4CCc5ccccc5NC4=O)CC3)CC2)CC1. The molecule has 10 nitrogen and oxygen atoms in total. The molecular formula is C35H44ClF3N6O4. The van der Waals surface area contributed by atoms with Crippen LogP contribution in [0.25, 0.3) is 0 Å². The zero-order valence-corrected chi connectivity index (χ0v) is 28.5. The first-order valence-electron chi connectivity index (χ1n) is 17.1. The molecule has 6 rings (SSSR count). The van der Waals surface area contributed by atoms with E-state index in [2.05, 4.69) is 22.2 Å². The predicted molar refractivity (Wildman–Crippen MR) is 180 cm³/mol. The Labute approximate surface area is 290 Å². The van der Waals surface area contributed by atoms with E-state index in [1.165, 1.54) is 11.0 Å². The van der Waals surface area contributed by atoms with E-state index in [-0.39, 0.29) is 24.1 Å². The van der Waals surface area contributed by atoms with Gasteiger partial charge in [-0.05, 0) is 81.6 Å². The summed E-state index contributed by atoms with van der Waals surface area (Å²) in [5, 5.41) is 2.55. The van der Waals surface area contributed by atoms with Crippen LogP contribution in [0.2, 0.25) is 5.02 Å². The van der Waals surface area contributed by atoms with Gasteiger partial charge in [0.1, 0.15) is 0 Å². The Hall–Kier alpha value is -3.55. The highest BCUT2D eigenvalue weighted by molar-refractivity contribution is 6.31. The first kappa shape index (κ1) is 35.3. The predicted octanol–water partition coefficient (Wildman–Crippen LogP) is 5.20. The molecule has 0 saturated carbocycles. The van der Waals surface area contributed by atoms with Gasteiger partial charge in [-0.15, -0.1) is 0 Å². The number of carbonyl (C=O) groups is 3. The molecule has 3 fully saturated rings. The summed E-state index contributed by atoms with van der Waals surface area (Å²) in [6, 6.07) is 11.4. The molecule has 0 aliphatic carbocycles. The number of amides is 4. The second-order valence-corrected chi connectivity index (χ2v) is 13.9. The summed E-state index contributed by atoms with van der Waals surface area (Å²) >= 11 is 5.86. The number of likely N-dealkylation sites (tertiary alicyclic amines) is 2. The largest absolute Gasteiger partial charge is 0.436 e. The average Bonchev–Trinajstić information content (AvgIpc) is 3.26. The van der Waals surface area contributed by atoms with E-state index in [1.807, 2.05) is 29.2 Å². The van der Waals surface area contributed by atoms with Crippen LogP contribution in [0.5, 0.6) is 0 Å². The summed E-state index contributed by atoms with van der Waals surface area (Å²) in [4.78, 5) is 50.2. The molecular weight excluding hydrogens is 661 g/mol. The third-order valence-electron chi connectivity index (χ3n) is 10.4. The summed E-state index contributed by atoms with van der Waals surface area (Å²) in [6.07, 6.45) is -2.99. The van der Waals surface area contributed by atoms with Crippen LogP contribution in [0.4, 0.5) is 28.4 Å². The van der Waals surface area contributed by atoms with Crippen molar-refractivity contribution < 1.29 is 32.3 Å². The maximum Gasteiger partial charge on any atom is 0.417 e. The molecule has 0 radical (unpaired) electrons. The van der Waals surface area contributed by atoms with E-state index >= 15 is 0 Å². The topological polar surface area (TPSA) is 88.7 Å². The molecule has 2 aromatic carbocycles. The number of carbonyl (C=O) groups excluding carboxylic acids is 3. The van der Waals surface area contributed by atoms with Gasteiger partial charge in [-0.25, -0.2) is 9.59 Å². The van der Waals surface area contributed by atoms with Gasteiger partial charge in [0.25, 0.3) is 5.91 Å². The fourth-order valence-corrected chi connectivity index (χ4v) is 7.70. The molecule has 3 saturated heterocycles. The van der Waals surface area contributed by atoms with Gasteiger partial charge in [0.2, 0.25) is 0 Å². The van der Waals surface area contributed by atoms with Gasteiger partial charge in [0, 0.05) is 70.0 Å². The number of fused-ring (bicyclic) bond motifs is 1. The minimum absolute atomic E-state index is 0.0773. The van der Waals surface area contributed by atoms with E-state index in [0.29, 0.717) is 71.1 Å². The fraction of sp³-hybridized carbons (Fsp3) is 0.571. The van der Waals surface area contributed by atoms with Crippen molar-refractivity contribution in [2.75, 3.05) is 71.3 Å². The molecule has 4 amide bonds. The summed E-state index contributed by atoms with van der Waals surface area (Å²) in [5.74, 6) is -0.421. The van der Waals surface area contributed by atoms with E-state index in [4.69, 9.17) is 16.3 Å². The monoisotopic (exact) mass is 704 g/mol. The quantitative estimate of drug-likeness (QED) is 0.445. The number of ether oxygens (including phenoxy) is 1. The lowest BCUT2D eigenvalue weighted by Gasteiger charge is -2.42. The van der Waals surface area contributed by atoms with Gasteiger partial charge < -0.3 is 29.7 Å². The third kappa shape index (κ3) is 8.43. The van der Waals surface area contributed by atoms with Crippen molar-refractivity contribution in [1.29, 1.82) is 0 Å². The van der Waals surface area contributed by atoms with Gasteiger partial charge in [0.05, 0.1) is 10.6 Å². The minimum atomic E-state index is -4.68. The number of piperazine rings is 1. The molecule has 4 heterocycles. The average molecular weight is 705 g/mol. The maximum atomic E-state index is 13.9. The van der Waals surface area contributed by atoms with Crippen LogP contribution < -0.4 is 5.32 Å². The minimum Gasteiger partial charge on any atom is -0.436 e. The number of hydrogen-bond donors (Lipinski definition) is 1. The van der Waals surface area contributed by atoms with Crippen LogP contribution in [-0.2, 0) is 28.5 Å². The number of rotatable bonds is 6. The van der Waals surface area contributed by atoms with Gasteiger partial charge in [0.15, 0.2) is 6.10 Å². The Morgan fingerprint density at radius 3 is 2.27 bits per heavy atom.